The number of fused-ring (bicyclic) bond motifs is 7. The lowest BCUT2D eigenvalue weighted by atomic mass is 9.33. The Morgan fingerprint density at radius 2 is 1.52 bits per heavy atom. The van der Waals surface area contributed by atoms with Crippen LogP contribution in [0.15, 0.2) is 43.0 Å². The molecule has 4 saturated carbocycles. The number of hydrogen-bond donors (Lipinski definition) is 2. The highest BCUT2D eigenvalue weighted by Crippen LogP contribution is 2.77. The van der Waals surface area contributed by atoms with Crippen LogP contribution in [0.1, 0.15) is 136 Å². The largest absolute Gasteiger partial charge is 0.478 e. The average Bonchev–Trinajstić information content (AvgIpc) is 3.39. The molecule has 6 unspecified atom stereocenters. The lowest BCUT2D eigenvalue weighted by Crippen LogP contribution is -2.65. The van der Waals surface area contributed by atoms with E-state index >= 15 is 0 Å². The maximum absolute atomic E-state index is 11.4. The Balaban J connectivity index is 0.000000763. The summed E-state index contributed by atoms with van der Waals surface area (Å²) in [6.07, 6.45) is 17.1. The Hall–Kier alpha value is -1.87. The molecule has 3 heteroatoms. The molecule has 0 radical (unpaired) electrons. The van der Waals surface area contributed by atoms with E-state index in [4.69, 9.17) is 0 Å². The lowest BCUT2D eigenvalue weighted by molar-refractivity contribution is -0.225. The summed E-state index contributed by atoms with van der Waals surface area (Å²) < 4.78 is 0. The first-order chi connectivity index (χ1) is 19.8. The molecule has 42 heavy (non-hydrogen) atoms. The van der Waals surface area contributed by atoms with E-state index in [1.54, 1.807) is 18.2 Å². The first kappa shape index (κ1) is 33.0. The van der Waals surface area contributed by atoms with Gasteiger partial charge in [0.1, 0.15) is 0 Å². The minimum atomic E-state index is -0.858. The zero-order chi connectivity index (χ0) is 31.1. The molecule has 0 aliphatic heterocycles. The standard InChI is InChI=1S/C34H48O3.C3H6.C2H6/c1-30(2)24(22-8-10-23(11-9-22)29(36)37)14-17-31(3)27(30)15-18-33(5)28(31)13-12-25-26-7-6-16-34(26,21-35)20-19-32(25,33)4;1-3-2;1-2/h8-11,14,25-28,35H,6-7,12-13,15-21H2,1-5H3,(H,36,37);3H,1H2,2H3;1-2H3/t25?,26-,27?,28?,31?,32-,33?,34?;;/m1../s1. The van der Waals surface area contributed by atoms with Crippen molar-refractivity contribution in [1.29, 1.82) is 0 Å². The Morgan fingerprint density at radius 1 is 0.881 bits per heavy atom. The number of hydrogen-bond acceptors (Lipinski definition) is 2. The quantitative estimate of drug-likeness (QED) is 0.352. The zero-order valence-electron chi connectivity index (χ0n) is 28.1. The third kappa shape index (κ3) is 4.76. The first-order valence-corrected chi connectivity index (χ1v) is 17.1. The summed E-state index contributed by atoms with van der Waals surface area (Å²) in [4.78, 5) is 11.4. The van der Waals surface area contributed by atoms with Crippen LogP contribution in [-0.4, -0.2) is 22.8 Å². The SMILES string of the molecule is C=CC.CC.CC1(C)C(c2ccc(C(=O)O)cc2)=CCC2(C)C1CCC1(C)C2CCC2[C@H]3CCCC3(CO)CC[C@]21C. The van der Waals surface area contributed by atoms with Crippen LogP contribution in [0.2, 0.25) is 0 Å². The van der Waals surface area contributed by atoms with Crippen LogP contribution in [0.5, 0.6) is 0 Å². The number of allylic oxidation sites excluding steroid dienone is 3. The third-order valence-electron chi connectivity index (χ3n) is 13.9. The number of carboxylic acids is 1. The summed E-state index contributed by atoms with van der Waals surface area (Å²) >= 11 is 0. The third-order valence-corrected chi connectivity index (χ3v) is 13.9. The molecule has 0 bridgehead atoms. The molecule has 3 nitrogen and oxygen atoms in total. The molecule has 1 aromatic rings. The van der Waals surface area contributed by atoms with Gasteiger partial charge in [-0.15, -0.1) is 6.58 Å². The molecule has 0 amide bonds. The predicted molar refractivity (Wildman–Crippen MR) is 176 cm³/mol. The van der Waals surface area contributed by atoms with Crippen molar-refractivity contribution in [2.45, 2.75) is 120 Å². The summed E-state index contributed by atoms with van der Waals surface area (Å²) in [5.41, 5.74) is 4.25. The molecule has 234 valence electrons. The van der Waals surface area contributed by atoms with Crippen LogP contribution in [-0.2, 0) is 0 Å². The molecule has 5 aliphatic carbocycles. The van der Waals surface area contributed by atoms with Crippen molar-refractivity contribution in [3.8, 4) is 0 Å². The molecule has 2 N–H and O–H groups in total. The second kappa shape index (κ2) is 11.9. The Kier molecular flexibility index (Phi) is 9.36. The Morgan fingerprint density at radius 3 is 2.12 bits per heavy atom. The maximum Gasteiger partial charge on any atom is 0.335 e. The van der Waals surface area contributed by atoms with Crippen LogP contribution in [0.25, 0.3) is 5.57 Å². The fraction of sp³-hybridized carbons (Fsp3) is 0.718. The van der Waals surface area contributed by atoms with E-state index < -0.39 is 5.97 Å². The normalized spacial score (nSPS) is 41.1. The highest BCUT2D eigenvalue weighted by Gasteiger charge is 2.69. The highest BCUT2D eigenvalue weighted by molar-refractivity contribution is 5.88. The molecule has 0 saturated heterocycles. The van der Waals surface area contributed by atoms with Gasteiger partial charge in [0, 0.05) is 6.61 Å². The molecule has 8 atom stereocenters. The van der Waals surface area contributed by atoms with Gasteiger partial charge >= 0.3 is 5.97 Å². The molecule has 0 aromatic heterocycles. The van der Waals surface area contributed by atoms with Gasteiger partial charge in [0.15, 0.2) is 0 Å². The van der Waals surface area contributed by atoms with Crippen molar-refractivity contribution in [2.75, 3.05) is 6.61 Å². The van der Waals surface area contributed by atoms with E-state index in [2.05, 4.69) is 47.3 Å². The average molecular weight is 577 g/mol. The smallest absolute Gasteiger partial charge is 0.335 e. The number of aliphatic hydroxyl groups excluding tert-OH is 1. The summed E-state index contributed by atoms with van der Waals surface area (Å²) in [5, 5.41) is 19.9. The van der Waals surface area contributed by atoms with Crippen molar-refractivity contribution in [1.82, 2.24) is 0 Å². The topological polar surface area (TPSA) is 57.5 Å². The van der Waals surface area contributed by atoms with Gasteiger partial charge < -0.3 is 10.2 Å². The molecular formula is C39H60O3. The molecule has 1 aromatic carbocycles. The highest BCUT2D eigenvalue weighted by atomic mass is 16.4. The van der Waals surface area contributed by atoms with Gasteiger partial charge in [-0.1, -0.05) is 79.2 Å². The van der Waals surface area contributed by atoms with Crippen LogP contribution >= 0.6 is 0 Å². The van der Waals surface area contributed by atoms with Crippen molar-refractivity contribution in [2.24, 2.45) is 50.7 Å². The van der Waals surface area contributed by atoms with Gasteiger partial charge in [0.05, 0.1) is 5.56 Å². The summed E-state index contributed by atoms with van der Waals surface area (Å²) in [6, 6.07) is 7.58. The molecule has 0 spiro atoms. The maximum atomic E-state index is 11.4. The first-order valence-electron chi connectivity index (χ1n) is 17.1. The molecule has 6 rings (SSSR count). The van der Waals surface area contributed by atoms with E-state index in [9.17, 15) is 15.0 Å². The minimum Gasteiger partial charge on any atom is -0.478 e. The van der Waals surface area contributed by atoms with Crippen molar-refractivity contribution in [3.05, 3.63) is 54.1 Å². The van der Waals surface area contributed by atoms with E-state index in [1.165, 1.54) is 68.9 Å². The fourth-order valence-electron chi connectivity index (χ4n) is 11.9. The van der Waals surface area contributed by atoms with Crippen LogP contribution in [0.4, 0.5) is 0 Å². The number of carboxylic acid groups (broad SMARTS) is 1. The predicted octanol–water partition coefficient (Wildman–Crippen LogP) is 10.4. The summed E-state index contributed by atoms with van der Waals surface area (Å²) in [7, 11) is 0. The van der Waals surface area contributed by atoms with Crippen molar-refractivity contribution >= 4 is 11.5 Å². The van der Waals surface area contributed by atoms with Crippen LogP contribution in [0.3, 0.4) is 0 Å². The fourth-order valence-corrected chi connectivity index (χ4v) is 11.9. The number of rotatable bonds is 3. The van der Waals surface area contributed by atoms with Crippen molar-refractivity contribution < 1.29 is 15.0 Å². The number of aromatic carboxylic acids is 1. The van der Waals surface area contributed by atoms with E-state index in [0.717, 1.165) is 24.2 Å². The summed E-state index contributed by atoms with van der Waals surface area (Å²) in [5.74, 6) is 2.00. The van der Waals surface area contributed by atoms with Gasteiger partial charge in [0.25, 0.3) is 0 Å². The number of benzene rings is 1. The Bertz CT molecular complexity index is 1160. The lowest BCUT2D eigenvalue weighted by Gasteiger charge is -2.72. The Labute approximate surface area is 257 Å². The van der Waals surface area contributed by atoms with Crippen molar-refractivity contribution in [3.63, 3.8) is 0 Å². The van der Waals surface area contributed by atoms with Crippen LogP contribution in [0, 0.1) is 50.7 Å². The summed E-state index contributed by atoms with van der Waals surface area (Å²) in [6.45, 7) is 22.5. The van der Waals surface area contributed by atoms with E-state index in [-0.39, 0.29) is 16.2 Å². The van der Waals surface area contributed by atoms with E-state index in [1.807, 2.05) is 32.9 Å². The van der Waals surface area contributed by atoms with E-state index in [0.29, 0.717) is 28.9 Å². The van der Waals surface area contributed by atoms with Gasteiger partial charge in [0.2, 0.25) is 0 Å². The van der Waals surface area contributed by atoms with Gasteiger partial charge in [-0.3, -0.25) is 0 Å². The van der Waals surface area contributed by atoms with Gasteiger partial charge in [-0.05, 0) is 139 Å². The molecule has 0 heterocycles. The second-order valence-corrected chi connectivity index (χ2v) is 15.5. The number of carbonyl (C=O) groups is 1. The monoisotopic (exact) mass is 576 g/mol. The minimum absolute atomic E-state index is 0.0564. The van der Waals surface area contributed by atoms with Crippen LogP contribution < -0.4 is 0 Å². The second-order valence-electron chi connectivity index (χ2n) is 15.5. The zero-order valence-corrected chi connectivity index (χ0v) is 28.1. The van der Waals surface area contributed by atoms with Gasteiger partial charge in [-0.25, -0.2) is 4.79 Å². The number of aliphatic hydroxyl groups is 1. The molecule has 5 aliphatic rings. The molecule has 4 fully saturated rings. The van der Waals surface area contributed by atoms with Gasteiger partial charge in [-0.2, -0.15) is 0 Å². The molecular weight excluding hydrogens is 516 g/mol.